The predicted molar refractivity (Wildman–Crippen MR) is 43.3 cm³/mol. The number of rotatable bonds is 2. The molecule has 3 N–H and O–H groups in total. The van der Waals surface area contributed by atoms with Crippen molar-refractivity contribution < 1.29 is 5.11 Å². The fourth-order valence-electron chi connectivity index (χ4n) is 0.773. The highest BCUT2D eigenvalue weighted by Crippen LogP contribution is 2.17. The van der Waals surface area contributed by atoms with Gasteiger partial charge in [0.1, 0.15) is 5.15 Å². The van der Waals surface area contributed by atoms with E-state index in [9.17, 15) is 0 Å². The molecular weight excluding hydrogens is 164 g/mol. The van der Waals surface area contributed by atoms with Gasteiger partial charge in [0, 0.05) is 11.8 Å². The van der Waals surface area contributed by atoms with E-state index in [4.69, 9.17) is 22.4 Å². The van der Waals surface area contributed by atoms with Crippen LogP contribution in [-0.2, 0) is 0 Å². The molecule has 0 aliphatic carbocycles. The molecule has 0 saturated carbocycles. The number of aromatic nitrogens is 1. The van der Waals surface area contributed by atoms with Crippen molar-refractivity contribution in [3.05, 3.63) is 29.0 Å². The highest BCUT2D eigenvalue weighted by Gasteiger charge is 2.07. The monoisotopic (exact) mass is 172 g/mol. The molecule has 0 saturated heterocycles. The van der Waals surface area contributed by atoms with Crippen LogP contribution in [0.4, 0.5) is 0 Å². The minimum atomic E-state index is -0.434. The molecule has 4 heteroatoms. The lowest BCUT2D eigenvalue weighted by atomic mass is 10.1. The lowest BCUT2D eigenvalue weighted by molar-refractivity contribution is 0.268. The Morgan fingerprint density at radius 2 is 2.45 bits per heavy atom. The van der Waals surface area contributed by atoms with Gasteiger partial charge in [-0.15, -0.1) is 0 Å². The van der Waals surface area contributed by atoms with E-state index >= 15 is 0 Å². The van der Waals surface area contributed by atoms with E-state index in [2.05, 4.69) is 4.98 Å². The Bertz CT molecular complexity index is 242. The van der Waals surface area contributed by atoms with Gasteiger partial charge in [0.25, 0.3) is 0 Å². The van der Waals surface area contributed by atoms with Crippen LogP contribution in [0.2, 0.25) is 5.15 Å². The van der Waals surface area contributed by atoms with E-state index in [1.807, 2.05) is 0 Å². The van der Waals surface area contributed by atoms with Crippen molar-refractivity contribution in [1.82, 2.24) is 4.98 Å². The number of hydrogen-bond acceptors (Lipinski definition) is 3. The minimum absolute atomic E-state index is 0.120. The second kappa shape index (κ2) is 3.67. The Morgan fingerprint density at radius 3 is 3.00 bits per heavy atom. The second-order valence-electron chi connectivity index (χ2n) is 2.17. The van der Waals surface area contributed by atoms with Crippen LogP contribution in [0.3, 0.4) is 0 Å². The number of halogens is 1. The first kappa shape index (κ1) is 8.46. The maximum absolute atomic E-state index is 8.70. The highest BCUT2D eigenvalue weighted by molar-refractivity contribution is 6.30. The number of aliphatic hydroxyl groups is 1. The van der Waals surface area contributed by atoms with Crippen LogP contribution in [-0.4, -0.2) is 16.7 Å². The van der Waals surface area contributed by atoms with Crippen molar-refractivity contribution in [3.63, 3.8) is 0 Å². The first-order valence-electron chi connectivity index (χ1n) is 3.22. The molecule has 0 unspecified atom stereocenters. The van der Waals surface area contributed by atoms with Gasteiger partial charge in [-0.3, -0.25) is 0 Å². The summed E-state index contributed by atoms with van der Waals surface area (Å²) in [6.07, 6.45) is 1.58. The standard InChI is InChI=1S/C7H9ClN2O/c8-7-5(6(9)4-11)2-1-3-10-7/h1-3,6,11H,4,9H2/t6-/m0/s1. The van der Waals surface area contributed by atoms with E-state index in [0.717, 1.165) is 0 Å². The number of nitrogens with zero attached hydrogens (tertiary/aromatic N) is 1. The van der Waals surface area contributed by atoms with E-state index in [1.54, 1.807) is 18.3 Å². The molecule has 1 atom stereocenters. The van der Waals surface area contributed by atoms with Crippen molar-refractivity contribution in [2.75, 3.05) is 6.61 Å². The fraction of sp³-hybridized carbons (Fsp3) is 0.286. The summed E-state index contributed by atoms with van der Waals surface area (Å²) in [4.78, 5) is 3.82. The molecule has 0 aliphatic heterocycles. The summed E-state index contributed by atoms with van der Waals surface area (Å²) < 4.78 is 0. The lowest BCUT2D eigenvalue weighted by Gasteiger charge is -2.08. The molecule has 1 heterocycles. The molecule has 1 aromatic heterocycles. The van der Waals surface area contributed by atoms with Gasteiger partial charge >= 0.3 is 0 Å². The van der Waals surface area contributed by atoms with Gasteiger partial charge in [-0.1, -0.05) is 17.7 Å². The summed E-state index contributed by atoms with van der Waals surface area (Å²) in [6.45, 7) is -0.120. The minimum Gasteiger partial charge on any atom is -0.394 e. The smallest absolute Gasteiger partial charge is 0.133 e. The predicted octanol–water partition coefficient (Wildman–Crippen LogP) is 0.727. The van der Waals surface area contributed by atoms with Crippen molar-refractivity contribution in [2.24, 2.45) is 5.73 Å². The normalized spacial score (nSPS) is 13.0. The quantitative estimate of drug-likeness (QED) is 0.647. The number of pyridine rings is 1. The molecule has 0 fully saturated rings. The van der Waals surface area contributed by atoms with Crippen LogP contribution in [0, 0.1) is 0 Å². The highest BCUT2D eigenvalue weighted by atomic mass is 35.5. The summed E-state index contributed by atoms with van der Waals surface area (Å²) in [6, 6.07) is 3.05. The molecule has 0 amide bonds. The third-order valence-corrected chi connectivity index (χ3v) is 1.70. The molecule has 11 heavy (non-hydrogen) atoms. The first-order valence-corrected chi connectivity index (χ1v) is 3.60. The second-order valence-corrected chi connectivity index (χ2v) is 2.53. The van der Waals surface area contributed by atoms with E-state index in [0.29, 0.717) is 10.7 Å². The first-order chi connectivity index (χ1) is 5.25. The van der Waals surface area contributed by atoms with Crippen LogP contribution in [0.15, 0.2) is 18.3 Å². The van der Waals surface area contributed by atoms with Gasteiger partial charge in [-0.25, -0.2) is 4.98 Å². The van der Waals surface area contributed by atoms with Crippen LogP contribution in [0.25, 0.3) is 0 Å². The molecule has 0 bridgehead atoms. The van der Waals surface area contributed by atoms with E-state index < -0.39 is 6.04 Å². The maximum Gasteiger partial charge on any atom is 0.133 e. The van der Waals surface area contributed by atoms with Crippen LogP contribution in [0.1, 0.15) is 11.6 Å². The van der Waals surface area contributed by atoms with Gasteiger partial charge in [-0.05, 0) is 6.07 Å². The zero-order valence-electron chi connectivity index (χ0n) is 5.87. The maximum atomic E-state index is 8.70. The molecule has 0 spiro atoms. The van der Waals surface area contributed by atoms with Gasteiger partial charge in [0.05, 0.1) is 12.6 Å². The lowest BCUT2D eigenvalue weighted by Crippen LogP contribution is -2.15. The largest absolute Gasteiger partial charge is 0.394 e. The van der Waals surface area contributed by atoms with Crippen molar-refractivity contribution >= 4 is 11.6 Å². The Balaban J connectivity index is 2.93. The Labute approximate surface area is 69.8 Å². The molecular formula is C7H9ClN2O. The van der Waals surface area contributed by atoms with Crippen molar-refractivity contribution in [2.45, 2.75) is 6.04 Å². The number of aliphatic hydroxyl groups excluding tert-OH is 1. The molecule has 0 aliphatic rings. The van der Waals surface area contributed by atoms with Crippen LogP contribution >= 0.6 is 11.6 Å². The Kier molecular flexibility index (Phi) is 2.82. The van der Waals surface area contributed by atoms with Gasteiger partial charge in [0.15, 0.2) is 0 Å². The molecule has 60 valence electrons. The third kappa shape index (κ3) is 1.89. The number of hydrogen-bond donors (Lipinski definition) is 2. The van der Waals surface area contributed by atoms with Crippen LogP contribution in [0.5, 0.6) is 0 Å². The molecule has 3 nitrogen and oxygen atoms in total. The summed E-state index contributed by atoms with van der Waals surface area (Å²) >= 11 is 5.70. The Hall–Kier alpha value is -0.640. The summed E-state index contributed by atoms with van der Waals surface area (Å²) in [5.41, 5.74) is 6.20. The average molecular weight is 173 g/mol. The fourth-order valence-corrected chi connectivity index (χ4v) is 1.03. The summed E-state index contributed by atoms with van der Waals surface area (Å²) in [5, 5.41) is 9.06. The SMILES string of the molecule is N[C@@H](CO)c1cccnc1Cl. The molecule has 0 radical (unpaired) electrons. The molecule has 1 aromatic rings. The zero-order valence-corrected chi connectivity index (χ0v) is 6.62. The zero-order chi connectivity index (χ0) is 8.27. The van der Waals surface area contributed by atoms with Gasteiger partial charge in [-0.2, -0.15) is 0 Å². The summed E-state index contributed by atoms with van der Waals surface area (Å²) in [7, 11) is 0. The van der Waals surface area contributed by atoms with Gasteiger partial charge < -0.3 is 10.8 Å². The number of nitrogens with two attached hydrogens (primary N) is 1. The topological polar surface area (TPSA) is 59.1 Å². The van der Waals surface area contributed by atoms with Crippen LogP contribution < -0.4 is 5.73 Å². The summed E-state index contributed by atoms with van der Waals surface area (Å²) in [5.74, 6) is 0. The van der Waals surface area contributed by atoms with E-state index in [1.165, 1.54) is 0 Å². The third-order valence-electron chi connectivity index (χ3n) is 1.38. The average Bonchev–Trinajstić information content (AvgIpc) is 2.04. The van der Waals surface area contributed by atoms with E-state index in [-0.39, 0.29) is 6.61 Å². The Morgan fingerprint density at radius 1 is 1.73 bits per heavy atom. The van der Waals surface area contributed by atoms with Crippen molar-refractivity contribution in [3.8, 4) is 0 Å². The van der Waals surface area contributed by atoms with Gasteiger partial charge in [0.2, 0.25) is 0 Å². The molecule has 1 rings (SSSR count). The molecule has 0 aromatic carbocycles. The van der Waals surface area contributed by atoms with Crippen molar-refractivity contribution in [1.29, 1.82) is 0 Å².